The average Bonchev–Trinajstić information content (AvgIpc) is 3.49. The number of likely N-dealkylation sites (N-methyl/N-ethyl adjacent to an activating group) is 1. The Kier molecular flexibility index (Phi) is 8.13. The number of carbonyl (C=O) groups is 1. The SMILES string of the molecule is CN(C)C(=O)CN=C(NCCc1ccco1)NCC(c1cccs1)N1CCCC1. The number of rotatable bonds is 9. The lowest BCUT2D eigenvalue weighted by atomic mass is 10.2. The van der Waals surface area contributed by atoms with Gasteiger partial charge < -0.3 is 20.0 Å². The Morgan fingerprint density at radius 1 is 1.28 bits per heavy atom. The third-order valence-corrected chi connectivity index (χ3v) is 6.00. The lowest BCUT2D eigenvalue weighted by Crippen LogP contribution is -2.43. The normalized spacial score (nSPS) is 16.0. The molecule has 0 saturated carbocycles. The summed E-state index contributed by atoms with van der Waals surface area (Å²) in [7, 11) is 3.49. The van der Waals surface area contributed by atoms with Gasteiger partial charge in [0.05, 0.1) is 12.3 Å². The van der Waals surface area contributed by atoms with E-state index in [-0.39, 0.29) is 12.5 Å². The standard InChI is InChI=1S/C21H31N5O2S/c1-25(2)20(27)16-24-21(22-10-9-17-7-5-13-28-17)23-15-18(19-8-6-14-29-19)26-11-3-4-12-26/h5-8,13-14,18H,3-4,9-12,15-16H2,1-2H3,(H2,22,23,24). The number of guanidine groups is 1. The van der Waals surface area contributed by atoms with Gasteiger partial charge in [-0.3, -0.25) is 9.69 Å². The highest BCUT2D eigenvalue weighted by Crippen LogP contribution is 2.27. The number of hydrogen-bond donors (Lipinski definition) is 2. The minimum Gasteiger partial charge on any atom is -0.469 e. The molecule has 2 aromatic rings. The van der Waals surface area contributed by atoms with Crippen molar-refractivity contribution in [3.05, 3.63) is 46.5 Å². The third kappa shape index (κ3) is 6.61. The predicted molar refractivity (Wildman–Crippen MR) is 117 cm³/mol. The Labute approximate surface area is 176 Å². The van der Waals surface area contributed by atoms with E-state index >= 15 is 0 Å². The number of furan rings is 1. The first-order valence-corrected chi connectivity index (χ1v) is 11.0. The van der Waals surface area contributed by atoms with Crippen LogP contribution in [0.15, 0.2) is 45.3 Å². The lowest BCUT2D eigenvalue weighted by molar-refractivity contribution is -0.127. The van der Waals surface area contributed by atoms with Crippen LogP contribution in [0.5, 0.6) is 0 Å². The van der Waals surface area contributed by atoms with Gasteiger partial charge in [0.15, 0.2) is 5.96 Å². The van der Waals surface area contributed by atoms with Crippen molar-refractivity contribution in [1.82, 2.24) is 20.4 Å². The van der Waals surface area contributed by atoms with Crippen LogP contribution in [0.4, 0.5) is 0 Å². The molecule has 3 rings (SSSR count). The van der Waals surface area contributed by atoms with E-state index in [4.69, 9.17) is 4.42 Å². The van der Waals surface area contributed by atoms with E-state index in [1.54, 1.807) is 36.6 Å². The number of aliphatic imine (C=N–C) groups is 1. The zero-order valence-corrected chi connectivity index (χ0v) is 18.1. The van der Waals surface area contributed by atoms with Gasteiger partial charge in [0.2, 0.25) is 5.91 Å². The van der Waals surface area contributed by atoms with E-state index in [2.05, 4.69) is 38.0 Å². The fraction of sp³-hybridized carbons (Fsp3) is 0.524. The molecule has 1 aliphatic rings. The van der Waals surface area contributed by atoms with Gasteiger partial charge in [-0.1, -0.05) is 6.07 Å². The monoisotopic (exact) mass is 417 g/mol. The molecule has 0 aromatic carbocycles. The van der Waals surface area contributed by atoms with E-state index in [1.165, 1.54) is 17.7 Å². The first-order valence-electron chi connectivity index (χ1n) is 10.2. The summed E-state index contributed by atoms with van der Waals surface area (Å²) in [4.78, 5) is 21.9. The molecule has 2 aromatic heterocycles. The van der Waals surface area contributed by atoms with Crippen LogP contribution in [0.1, 0.15) is 29.5 Å². The van der Waals surface area contributed by atoms with Crippen molar-refractivity contribution in [1.29, 1.82) is 0 Å². The largest absolute Gasteiger partial charge is 0.469 e. The van der Waals surface area contributed by atoms with Crippen LogP contribution in [0.2, 0.25) is 0 Å². The maximum Gasteiger partial charge on any atom is 0.243 e. The van der Waals surface area contributed by atoms with E-state index in [0.29, 0.717) is 18.5 Å². The minimum atomic E-state index is -0.0218. The second-order valence-electron chi connectivity index (χ2n) is 7.36. The van der Waals surface area contributed by atoms with Gasteiger partial charge in [-0.05, 0) is 49.5 Å². The molecule has 1 atom stereocenters. The minimum absolute atomic E-state index is 0.0218. The average molecular weight is 418 g/mol. The molecule has 3 heterocycles. The first-order chi connectivity index (χ1) is 14.1. The molecule has 0 aliphatic carbocycles. The summed E-state index contributed by atoms with van der Waals surface area (Å²) >= 11 is 1.79. The van der Waals surface area contributed by atoms with Crippen LogP contribution in [-0.4, -0.2) is 68.5 Å². The van der Waals surface area contributed by atoms with Crippen molar-refractivity contribution >= 4 is 23.2 Å². The topological polar surface area (TPSA) is 73.1 Å². The van der Waals surface area contributed by atoms with Gasteiger partial charge in [0.1, 0.15) is 12.3 Å². The Hall–Kier alpha value is -2.32. The summed E-state index contributed by atoms with van der Waals surface area (Å²) < 4.78 is 5.39. The molecular weight excluding hydrogens is 386 g/mol. The van der Waals surface area contributed by atoms with E-state index in [9.17, 15) is 4.79 Å². The highest BCUT2D eigenvalue weighted by Gasteiger charge is 2.24. The molecule has 158 valence electrons. The molecular formula is C21H31N5O2S. The number of nitrogens with one attached hydrogen (secondary N) is 2. The van der Waals surface area contributed by atoms with Crippen LogP contribution in [0.3, 0.4) is 0 Å². The fourth-order valence-corrected chi connectivity index (χ4v) is 4.22. The molecule has 2 N–H and O–H groups in total. The number of carbonyl (C=O) groups excluding carboxylic acids is 1. The van der Waals surface area contributed by atoms with E-state index in [1.807, 2.05) is 12.1 Å². The highest BCUT2D eigenvalue weighted by molar-refractivity contribution is 7.10. The number of thiophene rings is 1. The molecule has 1 unspecified atom stereocenters. The number of nitrogens with zero attached hydrogens (tertiary/aromatic N) is 3. The van der Waals surface area contributed by atoms with Crippen molar-refractivity contribution < 1.29 is 9.21 Å². The highest BCUT2D eigenvalue weighted by atomic mass is 32.1. The fourth-order valence-electron chi connectivity index (χ4n) is 3.36. The Morgan fingerprint density at radius 2 is 2.10 bits per heavy atom. The van der Waals surface area contributed by atoms with Crippen molar-refractivity contribution in [2.75, 3.05) is 46.8 Å². The van der Waals surface area contributed by atoms with Gasteiger partial charge in [-0.25, -0.2) is 4.99 Å². The number of amides is 1. The zero-order chi connectivity index (χ0) is 20.5. The van der Waals surface area contributed by atoms with Crippen molar-refractivity contribution in [3.8, 4) is 0 Å². The van der Waals surface area contributed by atoms with E-state index in [0.717, 1.165) is 31.8 Å². The van der Waals surface area contributed by atoms with Gasteiger partial charge in [-0.15, -0.1) is 11.3 Å². The van der Waals surface area contributed by atoms with Crippen molar-refractivity contribution in [3.63, 3.8) is 0 Å². The smallest absolute Gasteiger partial charge is 0.243 e. The summed E-state index contributed by atoms with van der Waals surface area (Å²) in [5.74, 6) is 1.56. The first kappa shape index (κ1) is 21.4. The molecule has 8 heteroatoms. The van der Waals surface area contributed by atoms with Crippen LogP contribution >= 0.6 is 11.3 Å². The van der Waals surface area contributed by atoms with Gasteiger partial charge >= 0.3 is 0 Å². The van der Waals surface area contributed by atoms with E-state index < -0.39 is 0 Å². The summed E-state index contributed by atoms with van der Waals surface area (Å²) in [5.41, 5.74) is 0. The van der Waals surface area contributed by atoms with Crippen molar-refractivity contribution in [2.45, 2.75) is 25.3 Å². The molecule has 7 nitrogen and oxygen atoms in total. The second kappa shape index (κ2) is 11.0. The summed E-state index contributed by atoms with van der Waals surface area (Å²) in [6, 6.07) is 8.47. The third-order valence-electron chi connectivity index (χ3n) is 5.03. The Bertz CT molecular complexity index is 752. The van der Waals surface area contributed by atoms with Gasteiger partial charge in [-0.2, -0.15) is 0 Å². The second-order valence-corrected chi connectivity index (χ2v) is 8.34. The summed E-state index contributed by atoms with van der Waals surface area (Å²) in [5, 5.41) is 8.93. The zero-order valence-electron chi connectivity index (χ0n) is 17.3. The molecule has 1 saturated heterocycles. The molecule has 0 bridgehead atoms. The molecule has 1 aliphatic heterocycles. The quantitative estimate of drug-likeness (QED) is 0.484. The summed E-state index contributed by atoms with van der Waals surface area (Å²) in [6.45, 7) is 3.81. The maximum atomic E-state index is 12.0. The number of likely N-dealkylation sites (tertiary alicyclic amines) is 1. The lowest BCUT2D eigenvalue weighted by Gasteiger charge is -2.27. The van der Waals surface area contributed by atoms with Crippen LogP contribution in [0, 0.1) is 0 Å². The predicted octanol–water partition coefficient (Wildman–Crippen LogP) is 2.34. The van der Waals surface area contributed by atoms with Crippen LogP contribution in [0.25, 0.3) is 0 Å². The molecule has 1 amide bonds. The van der Waals surface area contributed by atoms with Crippen LogP contribution in [-0.2, 0) is 11.2 Å². The number of hydrogen-bond acceptors (Lipinski definition) is 5. The van der Waals surface area contributed by atoms with Gasteiger partial charge in [0.25, 0.3) is 0 Å². The molecule has 0 spiro atoms. The van der Waals surface area contributed by atoms with Gasteiger partial charge in [0, 0.05) is 38.5 Å². The summed E-state index contributed by atoms with van der Waals surface area (Å²) in [6.07, 6.45) is 4.94. The Balaban J connectivity index is 1.61. The molecule has 0 radical (unpaired) electrons. The molecule has 29 heavy (non-hydrogen) atoms. The maximum absolute atomic E-state index is 12.0. The van der Waals surface area contributed by atoms with Crippen molar-refractivity contribution in [2.24, 2.45) is 4.99 Å². The molecule has 1 fully saturated rings. The van der Waals surface area contributed by atoms with Crippen LogP contribution < -0.4 is 10.6 Å². The Morgan fingerprint density at radius 3 is 2.76 bits per heavy atom.